The average molecular weight is 425 g/mol. The molecule has 2 fully saturated rings. The highest BCUT2D eigenvalue weighted by molar-refractivity contribution is 14.0. The average Bonchev–Trinajstić information content (AvgIpc) is 2.80. The van der Waals surface area contributed by atoms with Crippen molar-refractivity contribution >= 4 is 29.9 Å². The lowest BCUT2D eigenvalue weighted by atomic mass is 10.1. The zero-order valence-electron chi connectivity index (χ0n) is 13.7. The number of nitrogens with two attached hydrogens (primary N) is 1. The summed E-state index contributed by atoms with van der Waals surface area (Å²) in [6.45, 7) is 4.91. The number of morpholine rings is 1. The van der Waals surface area contributed by atoms with Gasteiger partial charge in [-0.15, -0.1) is 24.0 Å². The van der Waals surface area contributed by atoms with E-state index in [1.165, 1.54) is 38.5 Å². The first-order valence-corrected chi connectivity index (χ1v) is 8.60. The van der Waals surface area contributed by atoms with Gasteiger partial charge in [0, 0.05) is 26.2 Å². The standard InChI is InChI=1S/C16H31N3O2.HI/c17-16(19-10-13-20-14-11-19)18-9-5-6-12-21-15-7-3-1-2-4-8-15;/h15H,1-14H2,(H2,17,18);1H. The van der Waals surface area contributed by atoms with Gasteiger partial charge in [0.1, 0.15) is 0 Å². The Morgan fingerprint density at radius 1 is 1.09 bits per heavy atom. The summed E-state index contributed by atoms with van der Waals surface area (Å²) in [6, 6.07) is 0. The van der Waals surface area contributed by atoms with Crippen LogP contribution in [0.25, 0.3) is 0 Å². The van der Waals surface area contributed by atoms with Gasteiger partial charge in [0.05, 0.1) is 19.3 Å². The molecule has 6 heteroatoms. The lowest BCUT2D eigenvalue weighted by molar-refractivity contribution is 0.0412. The van der Waals surface area contributed by atoms with Crippen molar-refractivity contribution < 1.29 is 9.47 Å². The minimum atomic E-state index is 0. The molecular weight excluding hydrogens is 393 g/mol. The number of hydrogen-bond donors (Lipinski definition) is 1. The molecule has 1 saturated carbocycles. The predicted octanol–water partition coefficient (Wildman–Crippen LogP) is 2.77. The molecule has 1 heterocycles. The summed E-state index contributed by atoms with van der Waals surface area (Å²) in [5, 5.41) is 0. The van der Waals surface area contributed by atoms with Crippen molar-refractivity contribution in [1.82, 2.24) is 4.90 Å². The molecule has 1 aliphatic carbocycles. The molecule has 0 unspecified atom stereocenters. The molecule has 2 N–H and O–H groups in total. The number of rotatable bonds is 6. The molecule has 0 atom stereocenters. The topological polar surface area (TPSA) is 60.1 Å². The Morgan fingerprint density at radius 3 is 2.45 bits per heavy atom. The Kier molecular flexibility index (Phi) is 11.2. The minimum Gasteiger partial charge on any atom is -0.378 e. The van der Waals surface area contributed by atoms with Gasteiger partial charge in [-0.05, 0) is 25.7 Å². The fourth-order valence-electron chi connectivity index (χ4n) is 2.96. The van der Waals surface area contributed by atoms with E-state index in [1.54, 1.807) is 0 Å². The molecular formula is C16H32IN3O2. The van der Waals surface area contributed by atoms with E-state index in [9.17, 15) is 0 Å². The summed E-state index contributed by atoms with van der Waals surface area (Å²) in [5.74, 6) is 0.669. The van der Waals surface area contributed by atoms with Crippen LogP contribution in [0.4, 0.5) is 0 Å². The Hall–Kier alpha value is -0.0800. The highest BCUT2D eigenvalue weighted by Crippen LogP contribution is 2.19. The summed E-state index contributed by atoms with van der Waals surface area (Å²) >= 11 is 0. The van der Waals surface area contributed by atoms with Crippen LogP contribution in [0.5, 0.6) is 0 Å². The van der Waals surface area contributed by atoms with Crippen molar-refractivity contribution in [3.63, 3.8) is 0 Å². The molecule has 0 bridgehead atoms. The SMILES string of the molecule is I.NC(=NCCCCOC1CCCCCC1)N1CCOCC1. The molecule has 1 saturated heterocycles. The van der Waals surface area contributed by atoms with Crippen LogP contribution in [0.2, 0.25) is 0 Å². The zero-order chi connectivity index (χ0) is 14.8. The van der Waals surface area contributed by atoms with Gasteiger partial charge in [-0.2, -0.15) is 0 Å². The molecule has 0 radical (unpaired) electrons. The van der Waals surface area contributed by atoms with E-state index in [0.717, 1.165) is 52.3 Å². The molecule has 0 aromatic rings. The molecule has 1 aliphatic heterocycles. The van der Waals surface area contributed by atoms with E-state index in [2.05, 4.69) is 9.89 Å². The number of nitrogens with zero attached hydrogens (tertiary/aromatic N) is 2. The molecule has 0 aromatic carbocycles. The maximum atomic E-state index is 5.99. The molecule has 130 valence electrons. The van der Waals surface area contributed by atoms with Crippen LogP contribution < -0.4 is 5.73 Å². The normalized spacial score (nSPS) is 21.3. The van der Waals surface area contributed by atoms with Crippen LogP contribution in [0.15, 0.2) is 4.99 Å². The quantitative estimate of drug-likeness (QED) is 0.234. The lowest BCUT2D eigenvalue weighted by Gasteiger charge is -2.27. The third-order valence-corrected chi connectivity index (χ3v) is 4.32. The van der Waals surface area contributed by atoms with Crippen LogP contribution >= 0.6 is 24.0 Å². The number of hydrogen-bond acceptors (Lipinski definition) is 3. The Labute approximate surface area is 152 Å². The molecule has 0 spiro atoms. The fraction of sp³-hybridized carbons (Fsp3) is 0.938. The maximum absolute atomic E-state index is 5.99. The minimum absolute atomic E-state index is 0. The Balaban J connectivity index is 0.00000242. The Bertz CT molecular complexity index is 302. The third kappa shape index (κ3) is 7.97. The van der Waals surface area contributed by atoms with Crippen LogP contribution in [0.3, 0.4) is 0 Å². The van der Waals surface area contributed by atoms with Gasteiger partial charge < -0.3 is 20.1 Å². The van der Waals surface area contributed by atoms with Gasteiger partial charge in [0.15, 0.2) is 5.96 Å². The first-order valence-electron chi connectivity index (χ1n) is 8.60. The van der Waals surface area contributed by atoms with Gasteiger partial charge in [-0.25, -0.2) is 0 Å². The summed E-state index contributed by atoms with van der Waals surface area (Å²) in [4.78, 5) is 6.56. The van der Waals surface area contributed by atoms with Crippen molar-refractivity contribution in [2.75, 3.05) is 39.5 Å². The van der Waals surface area contributed by atoms with Crippen molar-refractivity contribution in [3.05, 3.63) is 0 Å². The molecule has 0 aromatic heterocycles. The molecule has 0 amide bonds. The number of halogens is 1. The van der Waals surface area contributed by atoms with Gasteiger partial charge >= 0.3 is 0 Å². The second kappa shape index (κ2) is 12.4. The van der Waals surface area contributed by atoms with E-state index in [0.29, 0.717) is 12.1 Å². The number of ether oxygens (including phenoxy) is 2. The van der Waals surface area contributed by atoms with Gasteiger partial charge in [-0.3, -0.25) is 4.99 Å². The van der Waals surface area contributed by atoms with Gasteiger partial charge in [0.2, 0.25) is 0 Å². The summed E-state index contributed by atoms with van der Waals surface area (Å²) < 4.78 is 11.3. The first kappa shape index (κ1) is 20.0. The van der Waals surface area contributed by atoms with Crippen LogP contribution in [-0.2, 0) is 9.47 Å². The van der Waals surface area contributed by atoms with Gasteiger partial charge in [-0.1, -0.05) is 25.7 Å². The van der Waals surface area contributed by atoms with E-state index in [4.69, 9.17) is 15.2 Å². The highest BCUT2D eigenvalue weighted by Gasteiger charge is 2.13. The molecule has 2 aliphatic rings. The smallest absolute Gasteiger partial charge is 0.191 e. The van der Waals surface area contributed by atoms with E-state index < -0.39 is 0 Å². The monoisotopic (exact) mass is 425 g/mol. The van der Waals surface area contributed by atoms with Crippen LogP contribution in [0.1, 0.15) is 51.4 Å². The van der Waals surface area contributed by atoms with E-state index in [1.807, 2.05) is 0 Å². The van der Waals surface area contributed by atoms with Crippen molar-refractivity contribution in [1.29, 1.82) is 0 Å². The molecule has 22 heavy (non-hydrogen) atoms. The summed E-state index contributed by atoms with van der Waals surface area (Å²) in [5.41, 5.74) is 5.99. The predicted molar refractivity (Wildman–Crippen MR) is 101 cm³/mol. The van der Waals surface area contributed by atoms with E-state index >= 15 is 0 Å². The maximum Gasteiger partial charge on any atom is 0.191 e. The second-order valence-electron chi connectivity index (χ2n) is 6.03. The second-order valence-corrected chi connectivity index (χ2v) is 6.03. The molecule has 2 rings (SSSR count). The number of unbranched alkanes of at least 4 members (excludes halogenated alkanes) is 1. The zero-order valence-corrected chi connectivity index (χ0v) is 16.0. The van der Waals surface area contributed by atoms with Crippen LogP contribution in [-0.4, -0.2) is 56.4 Å². The number of guanidine groups is 1. The Morgan fingerprint density at radius 2 is 1.77 bits per heavy atom. The van der Waals surface area contributed by atoms with Crippen molar-refractivity contribution in [3.8, 4) is 0 Å². The largest absolute Gasteiger partial charge is 0.378 e. The first-order chi connectivity index (χ1) is 10.4. The fourth-order valence-corrected chi connectivity index (χ4v) is 2.96. The summed E-state index contributed by atoms with van der Waals surface area (Å²) in [7, 11) is 0. The summed E-state index contributed by atoms with van der Waals surface area (Å²) in [6.07, 6.45) is 10.6. The highest BCUT2D eigenvalue weighted by atomic mass is 127. The lowest BCUT2D eigenvalue weighted by Crippen LogP contribution is -2.44. The molecule has 5 nitrogen and oxygen atoms in total. The van der Waals surface area contributed by atoms with Gasteiger partial charge in [0.25, 0.3) is 0 Å². The third-order valence-electron chi connectivity index (χ3n) is 4.32. The number of aliphatic imine (C=N–C) groups is 1. The van der Waals surface area contributed by atoms with Crippen LogP contribution in [0, 0.1) is 0 Å². The van der Waals surface area contributed by atoms with Crippen molar-refractivity contribution in [2.24, 2.45) is 10.7 Å². The van der Waals surface area contributed by atoms with Crippen molar-refractivity contribution in [2.45, 2.75) is 57.5 Å². The van der Waals surface area contributed by atoms with E-state index in [-0.39, 0.29) is 24.0 Å².